The molecule has 1 unspecified atom stereocenters. The van der Waals surface area contributed by atoms with Crippen LogP contribution < -0.4 is 15.8 Å². The zero-order valence-corrected chi connectivity index (χ0v) is 19.6. The lowest BCUT2D eigenvalue weighted by molar-refractivity contribution is -0.137. The van der Waals surface area contributed by atoms with Crippen molar-refractivity contribution in [1.29, 1.82) is 0 Å². The Bertz CT molecular complexity index is 1240. The zero-order chi connectivity index (χ0) is 24.7. The van der Waals surface area contributed by atoms with Gasteiger partial charge in [-0.1, -0.05) is 6.08 Å². The SMILES string of the molecule is C=C[C@H]1CN2CC[C@H]1C[C@@H]2[C@H](Nc1ccc(C(F)(F)F)cc1N)c1ccnc2ccc(OC)cc12. The van der Waals surface area contributed by atoms with E-state index >= 15 is 0 Å². The molecule has 3 N–H and O–H groups in total. The molecule has 3 saturated heterocycles. The molecule has 3 fully saturated rings. The first kappa shape index (κ1) is 23.5. The molecule has 3 aromatic rings. The largest absolute Gasteiger partial charge is 0.497 e. The van der Waals surface area contributed by atoms with Gasteiger partial charge in [0.25, 0.3) is 0 Å². The summed E-state index contributed by atoms with van der Waals surface area (Å²) in [7, 11) is 1.62. The molecule has 4 heterocycles. The molecule has 3 aliphatic heterocycles. The summed E-state index contributed by atoms with van der Waals surface area (Å²) in [4.78, 5) is 6.99. The van der Waals surface area contributed by atoms with E-state index in [1.54, 1.807) is 13.3 Å². The van der Waals surface area contributed by atoms with E-state index in [-0.39, 0.29) is 17.8 Å². The van der Waals surface area contributed by atoms with Crippen LogP contribution in [0.4, 0.5) is 24.5 Å². The normalized spacial score (nSPS) is 24.8. The topological polar surface area (TPSA) is 63.4 Å². The number of nitrogen functional groups attached to an aromatic ring is 1. The van der Waals surface area contributed by atoms with Gasteiger partial charge in [0, 0.05) is 24.2 Å². The molecule has 5 nitrogen and oxygen atoms in total. The van der Waals surface area contributed by atoms with Gasteiger partial charge in [0.1, 0.15) is 5.75 Å². The second-order valence-corrected chi connectivity index (χ2v) is 9.45. The Morgan fingerprint density at radius 2 is 2.06 bits per heavy atom. The molecule has 0 saturated carbocycles. The number of hydrogen-bond donors (Lipinski definition) is 2. The van der Waals surface area contributed by atoms with Gasteiger partial charge in [-0.05, 0) is 79.3 Å². The molecule has 0 aliphatic carbocycles. The number of rotatable bonds is 6. The highest BCUT2D eigenvalue weighted by Crippen LogP contribution is 2.44. The number of fused-ring (bicyclic) bond motifs is 4. The molecule has 0 spiro atoms. The van der Waals surface area contributed by atoms with Gasteiger partial charge < -0.3 is 15.8 Å². The molecule has 5 atom stereocenters. The van der Waals surface area contributed by atoms with Crippen LogP contribution in [0.2, 0.25) is 0 Å². The number of benzene rings is 2. The van der Waals surface area contributed by atoms with E-state index in [4.69, 9.17) is 10.5 Å². The number of nitrogens with one attached hydrogen (secondary N) is 1. The minimum Gasteiger partial charge on any atom is -0.497 e. The van der Waals surface area contributed by atoms with E-state index in [2.05, 4.69) is 27.9 Å². The van der Waals surface area contributed by atoms with Crippen LogP contribution in [0.1, 0.15) is 30.0 Å². The highest BCUT2D eigenvalue weighted by molar-refractivity contribution is 5.84. The fourth-order valence-corrected chi connectivity index (χ4v) is 5.69. The van der Waals surface area contributed by atoms with Crippen molar-refractivity contribution >= 4 is 22.3 Å². The Morgan fingerprint density at radius 3 is 2.71 bits per heavy atom. The van der Waals surface area contributed by atoms with E-state index in [9.17, 15) is 13.2 Å². The van der Waals surface area contributed by atoms with E-state index in [1.807, 2.05) is 24.3 Å². The van der Waals surface area contributed by atoms with Crippen LogP contribution in [0.5, 0.6) is 5.75 Å². The molecule has 2 bridgehead atoms. The van der Waals surface area contributed by atoms with Crippen molar-refractivity contribution in [3.05, 3.63) is 72.4 Å². The summed E-state index contributed by atoms with van der Waals surface area (Å²) >= 11 is 0. The average molecular weight is 483 g/mol. The van der Waals surface area contributed by atoms with E-state index in [1.165, 1.54) is 6.07 Å². The average Bonchev–Trinajstić information content (AvgIpc) is 2.87. The van der Waals surface area contributed by atoms with E-state index in [0.29, 0.717) is 17.5 Å². The summed E-state index contributed by atoms with van der Waals surface area (Å²) < 4.78 is 45.1. The Labute approximate surface area is 202 Å². The summed E-state index contributed by atoms with van der Waals surface area (Å²) in [6, 6.07) is 11.2. The first-order valence-corrected chi connectivity index (χ1v) is 11.8. The number of halogens is 3. The summed E-state index contributed by atoms with van der Waals surface area (Å²) in [5.41, 5.74) is 7.77. The first-order valence-electron chi connectivity index (χ1n) is 11.8. The van der Waals surface area contributed by atoms with Gasteiger partial charge >= 0.3 is 6.18 Å². The number of aromatic nitrogens is 1. The monoisotopic (exact) mass is 482 g/mol. The molecular weight excluding hydrogens is 453 g/mol. The van der Waals surface area contributed by atoms with Crippen LogP contribution in [-0.4, -0.2) is 36.1 Å². The van der Waals surface area contributed by atoms with Crippen molar-refractivity contribution in [2.45, 2.75) is 31.1 Å². The fourth-order valence-electron chi connectivity index (χ4n) is 5.69. The smallest absolute Gasteiger partial charge is 0.416 e. The second-order valence-electron chi connectivity index (χ2n) is 9.45. The Balaban J connectivity index is 1.59. The lowest BCUT2D eigenvalue weighted by Gasteiger charge is -2.52. The second kappa shape index (κ2) is 9.07. The van der Waals surface area contributed by atoms with Gasteiger partial charge in [-0.2, -0.15) is 13.2 Å². The number of anilines is 2. The van der Waals surface area contributed by atoms with Crippen molar-refractivity contribution in [2.75, 3.05) is 31.2 Å². The quantitative estimate of drug-likeness (QED) is 0.339. The zero-order valence-electron chi connectivity index (χ0n) is 19.6. The van der Waals surface area contributed by atoms with Gasteiger partial charge in [0.05, 0.1) is 35.6 Å². The molecule has 2 aromatic carbocycles. The number of ether oxygens (including phenoxy) is 1. The van der Waals surface area contributed by atoms with Crippen LogP contribution in [0.15, 0.2) is 61.3 Å². The van der Waals surface area contributed by atoms with Gasteiger partial charge in [0.2, 0.25) is 0 Å². The highest BCUT2D eigenvalue weighted by Gasteiger charge is 2.43. The number of pyridine rings is 1. The van der Waals surface area contributed by atoms with Gasteiger partial charge in [-0.25, -0.2) is 0 Å². The summed E-state index contributed by atoms with van der Waals surface area (Å²) in [5, 5.41) is 4.47. The lowest BCUT2D eigenvalue weighted by Crippen LogP contribution is -2.56. The third kappa shape index (κ3) is 4.43. The van der Waals surface area contributed by atoms with Crippen LogP contribution in [0.25, 0.3) is 10.9 Å². The van der Waals surface area contributed by atoms with Gasteiger partial charge in [0.15, 0.2) is 0 Å². The van der Waals surface area contributed by atoms with Crippen molar-refractivity contribution < 1.29 is 17.9 Å². The molecule has 35 heavy (non-hydrogen) atoms. The Hall–Kier alpha value is -3.26. The maximum atomic E-state index is 13.2. The summed E-state index contributed by atoms with van der Waals surface area (Å²) in [5.74, 6) is 1.70. The number of nitrogens with zero attached hydrogens (tertiary/aromatic N) is 2. The standard InChI is InChI=1S/C27H29F3N4O/c1-3-16-15-34-11-9-17(16)12-25(34)26(33-24-6-4-18(13-22(24)31)27(28,29)30)20-8-10-32-23-7-5-19(35-2)14-21(20)23/h3-8,10,13-14,16-17,25-26,33H,1,9,11-12,15,31H2,2H3/t16-,17-,25+,26+/m0/s1. The third-order valence-electron chi connectivity index (χ3n) is 7.55. The molecule has 184 valence electrons. The number of nitrogens with two attached hydrogens (primary N) is 1. The number of hydrogen-bond acceptors (Lipinski definition) is 5. The molecule has 6 rings (SSSR count). The molecule has 1 aromatic heterocycles. The van der Waals surface area contributed by atoms with Crippen LogP contribution >= 0.6 is 0 Å². The third-order valence-corrected chi connectivity index (χ3v) is 7.55. The van der Waals surface area contributed by atoms with Gasteiger partial charge in [-0.15, -0.1) is 6.58 Å². The molecule has 8 heteroatoms. The molecule has 3 aliphatic rings. The predicted octanol–water partition coefficient (Wildman–Crippen LogP) is 5.89. The summed E-state index contributed by atoms with van der Waals surface area (Å²) in [6.07, 6.45) is 1.46. The first-order chi connectivity index (χ1) is 16.8. The maximum absolute atomic E-state index is 13.2. The predicted molar refractivity (Wildman–Crippen MR) is 132 cm³/mol. The fraction of sp³-hybridized carbons (Fsp3) is 0.370. The minimum absolute atomic E-state index is 0.0701. The number of alkyl halides is 3. The minimum atomic E-state index is -4.45. The molecule has 0 amide bonds. The van der Waals surface area contributed by atoms with Crippen molar-refractivity contribution in [3.63, 3.8) is 0 Å². The Morgan fingerprint density at radius 1 is 1.23 bits per heavy atom. The van der Waals surface area contributed by atoms with Crippen molar-refractivity contribution in [1.82, 2.24) is 9.88 Å². The Kier molecular flexibility index (Phi) is 6.09. The van der Waals surface area contributed by atoms with E-state index < -0.39 is 11.7 Å². The number of piperidine rings is 3. The van der Waals surface area contributed by atoms with Crippen LogP contribution in [0, 0.1) is 11.8 Å². The van der Waals surface area contributed by atoms with Crippen molar-refractivity contribution in [2.24, 2.45) is 11.8 Å². The van der Waals surface area contributed by atoms with E-state index in [0.717, 1.165) is 60.3 Å². The summed E-state index contributed by atoms with van der Waals surface area (Å²) in [6.45, 7) is 5.93. The highest BCUT2D eigenvalue weighted by atomic mass is 19.4. The maximum Gasteiger partial charge on any atom is 0.416 e. The van der Waals surface area contributed by atoms with Crippen LogP contribution in [0.3, 0.4) is 0 Å². The molecule has 0 radical (unpaired) electrons. The van der Waals surface area contributed by atoms with Gasteiger partial charge in [-0.3, -0.25) is 9.88 Å². The van der Waals surface area contributed by atoms with Crippen LogP contribution in [-0.2, 0) is 6.18 Å². The van der Waals surface area contributed by atoms with Crippen molar-refractivity contribution in [3.8, 4) is 5.75 Å². The number of methoxy groups -OCH3 is 1. The lowest BCUT2D eigenvalue weighted by atomic mass is 9.73. The molecular formula is C27H29F3N4O.